The summed E-state index contributed by atoms with van der Waals surface area (Å²) in [7, 11) is -9.54. The van der Waals surface area contributed by atoms with Crippen molar-refractivity contribution in [2.24, 2.45) is 0 Å². The first-order chi connectivity index (χ1) is 24.0. The van der Waals surface area contributed by atoms with Crippen LogP contribution in [0.1, 0.15) is 58.4 Å². The van der Waals surface area contributed by atoms with Gasteiger partial charge in [0.15, 0.2) is 5.71 Å². The second kappa shape index (κ2) is 17.9. The number of nitrogens with zero attached hydrogens (tertiary/aromatic N) is 2. The molecular formula is C41H42N2Na2O6S2. The zero-order chi connectivity index (χ0) is 37.4. The molecular weight excluding hydrogens is 727 g/mol. The number of anilines is 2. The number of rotatable bonds is 9. The third kappa shape index (κ3) is 9.44. The van der Waals surface area contributed by atoms with E-state index in [1.807, 2.05) is 81.2 Å². The monoisotopic (exact) mass is 768 g/mol. The standard InChI is InChI=1S/C41H44N2O6S2.2Na/c1-9-42(39-27(4)23-26(3)24-28(39)5)34-19-15-32(16-20-34)38(36-13-11-12-14-37(36)50(44,45)46)33-17-21-35(22-18-33)43(10-2)40-29(6)25-30(7)41(31(40)8)51(47,48)49;;/h11-23,25H,9-10H2,1-8H3,(H,44,45,46)(H,47,48,49);;/q;2*+1/p-2. The van der Waals surface area contributed by atoms with Crippen LogP contribution in [-0.4, -0.2) is 49.3 Å². The Bertz CT molecular complexity index is 2360. The Hall–Kier alpha value is -2.61. The maximum Gasteiger partial charge on any atom is 1.00 e. The van der Waals surface area contributed by atoms with E-state index < -0.39 is 20.2 Å². The predicted molar refractivity (Wildman–Crippen MR) is 201 cm³/mol. The zero-order valence-electron chi connectivity index (χ0n) is 32.2. The molecule has 0 atom stereocenters. The molecule has 1 aliphatic carbocycles. The molecule has 0 aliphatic heterocycles. The van der Waals surface area contributed by atoms with Crippen molar-refractivity contribution in [3.05, 3.63) is 141 Å². The van der Waals surface area contributed by atoms with E-state index in [1.165, 1.54) is 12.1 Å². The fourth-order valence-electron chi connectivity index (χ4n) is 7.38. The fourth-order valence-corrected chi connectivity index (χ4v) is 8.99. The number of hydrogen-bond acceptors (Lipinski definition) is 7. The zero-order valence-corrected chi connectivity index (χ0v) is 37.8. The molecule has 8 nitrogen and oxygen atoms in total. The molecule has 0 unspecified atom stereocenters. The molecule has 4 aromatic rings. The Morgan fingerprint density at radius 3 is 1.89 bits per heavy atom. The minimum Gasteiger partial charge on any atom is -0.744 e. The molecule has 0 heterocycles. The maximum atomic E-state index is 12.5. The summed E-state index contributed by atoms with van der Waals surface area (Å²) in [5.41, 5.74) is 10.5. The third-order valence-electron chi connectivity index (χ3n) is 9.19. The summed E-state index contributed by atoms with van der Waals surface area (Å²) in [6.45, 7) is 16.5. The first-order valence-electron chi connectivity index (χ1n) is 16.7. The molecule has 0 aromatic heterocycles. The summed E-state index contributed by atoms with van der Waals surface area (Å²) in [5.74, 6) is 0. The Morgan fingerprint density at radius 2 is 1.36 bits per heavy atom. The number of aryl methyl sites for hydroxylation is 5. The molecule has 0 fully saturated rings. The molecule has 266 valence electrons. The Balaban J connectivity index is 0.00000378. The van der Waals surface area contributed by atoms with Gasteiger partial charge in [0.2, 0.25) is 0 Å². The first kappa shape index (κ1) is 44.8. The minimum absolute atomic E-state index is 0. The largest absolute Gasteiger partial charge is 1.00 e. The van der Waals surface area contributed by atoms with Gasteiger partial charge in [0.05, 0.1) is 9.79 Å². The van der Waals surface area contributed by atoms with Crippen LogP contribution in [0, 0.1) is 47.6 Å². The third-order valence-corrected chi connectivity index (χ3v) is 11.2. The molecule has 0 saturated heterocycles. The van der Waals surface area contributed by atoms with Crippen LogP contribution in [0.3, 0.4) is 0 Å². The van der Waals surface area contributed by atoms with Crippen LogP contribution in [0.15, 0.2) is 100 Å². The Kier molecular flexibility index (Phi) is 15.1. The molecule has 0 saturated carbocycles. The van der Waals surface area contributed by atoms with Crippen LogP contribution in [0.5, 0.6) is 0 Å². The molecule has 4 aromatic carbocycles. The molecule has 5 rings (SSSR count). The van der Waals surface area contributed by atoms with Gasteiger partial charge in [0, 0.05) is 35.6 Å². The summed E-state index contributed by atoms with van der Waals surface area (Å²) < 4.78 is 76.4. The second-order valence-electron chi connectivity index (χ2n) is 12.8. The first-order valence-corrected chi connectivity index (χ1v) is 19.5. The van der Waals surface area contributed by atoms with Gasteiger partial charge in [-0.15, -0.1) is 0 Å². The summed E-state index contributed by atoms with van der Waals surface area (Å²) in [6.07, 6.45) is 7.84. The van der Waals surface area contributed by atoms with Gasteiger partial charge in [0.25, 0.3) is 0 Å². The second-order valence-corrected chi connectivity index (χ2v) is 15.4. The Morgan fingerprint density at radius 1 is 0.755 bits per heavy atom. The van der Waals surface area contributed by atoms with Crippen LogP contribution >= 0.6 is 0 Å². The van der Waals surface area contributed by atoms with Crippen LogP contribution in [0.2, 0.25) is 0 Å². The van der Waals surface area contributed by atoms with Gasteiger partial charge in [-0.1, -0.05) is 68.3 Å². The van der Waals surface area contributed by atoms with Crippen molar-refractivity contribution < 1.29 is 89.6 Å². The van der Waals surface area contributed by atoms with Crippen LogP contribution in [0.4, 0.5) is 17.1 Å². The fraction of sp³-hybridized carbons (Fsp3) is 0.244. The van der Waals surface area contributed by atoms with E-state index in [0.717, 1.165) is 39.3 Å². The summed E-state index contributed by atoms with van der Waals surface area (Å²) >= 11 is 0. The molecule has 0 spiro atoms. The van der Waals surface area contributed by atoms with E-state index in [1.54, 1.807) is 32.0 Å². The van der Waals surface area contributed by atoms with Gasteiger partial charge in [-0.05, 0) is 98.4 Å². The normalized spacial score (nSPS) is 12.6. The number of hydrogen-bond donors (Lipinski definition) is 0. The van der Waals surface area contributed by atoms with E-state index in [0.29, 0.717) is 46.6 Å². The van der Waals surface area contributed by atoms with Crippen LogP contribution < -0.4 is 64.0 Å². The van der Waals surface area contributed by atoms with Gasteiger partial charge in [-0.25, -0.2) is 21.4 Å². The van der Waals surface area contributed by atoms with Crippen molar-refractivity contribution in [3.63, 3.8) is 0 Å². The topological polar surface area (TPSA) is 121 Å². The van der Waals surface area contributed by atoms with Gasteiger partial charge in [-0.2, -0.15) is 17.7 Å². The van der Waals surface area contributed by atoms with Crippen molar-refractivity contribution >= 4 is 48.6 Å². The smallest absolute Gasteiger partial charge is 0.744 e. The van der Waals surface area contributed by atoms with Crippen LogP contribution in [-0.2, 0) is 20.2 Å². The van der Waals surface area contributed by atoms with Crippen molar-refractivity contribution in [2.75, 3.05) is 18.0 Å². The molecule has 1 aliphatic rings. The van der Waals surface area contributed by atoms with E-state index in [9.17, 15) is 25.9 Å². The predicted octanol–water partition coefficient (Wildman–Crippen LogP) is 2.04. The summed E-state index contributed by atoms with van der Waals surface area (Å²) in [5, 5.41) is 0. The van der Waals surface area contributed by atoms with Crippen LogP contribution in [0.25, 0.3) is 5.57 Å². The molecule has 0 radical (unpaired) electrons. The molecule has 0 N–H and O–H groups in total. The van der Waals surface area contributed by atoms with E-state index in [2.05, 4.69) is 30.6 Å². The van der Waals surface area contributed by atoms with E-state index in [-0.39, 0.29) is 74.5 Å². The van der Waals surface area contributed by atoms with Crippen molar-refractivity contribution in [1.29, 1.82) is 0 Å². The van der Waals surface area contributed by atoms with Crippen molar-refractivity contribution in [3.8, 4) is 0 Å². The van der Waals surface area contributed by atoms with Gasteiger partial charge in [0.1, 0.15) is 32.5 Å². The molecule has 12 heteroatoms. The average molecular weight is 769 g/mol. The van der Waals surface area contributed by atoms with Gasteiger partial charge in [-0.3, -0.25) is 0 Å². The molecule has 0 bridgehead atoms. The molecule has 0 amide bonds. The SMILES string of the molecule is CCN(c1ccc(C(=C2C=CC(=[N+](CC)c3c(C)[c-]c(C)cc3C)C=C2)c2ccccc2S(=O)(=O)[O-])cc1)c1c(C)cc(C)c(S(=O)(=O)[O-])c1C.[Na+].[Na+]. The van der Waals surface area contributed by atoms with Gasteiger partial charge < -0.3 is 14.0 Å². The number of benzene rings is 4. The summed E-state index contributed by atoms with van der Waals surface area (Å²) in [6, 6.07) is 20.9. The summed E-state index contributed by atoms with van der Waals surface area (Å²) in [4.78, 5) is 1.40. The van der Waals surface area contributed by atoms with E-state index >= 15 is 0 Å². The maximum absolute atomic E-state index is 12.5. The quantitative estimate of drug-likeness (QED) is 0.111. The van der Waals surface area contributed by atoms with E-state index in [4.69, 9.17) is 0 Å². The Labute approximate surface area is 359 Å². The molecule has 53 heavy (non-hydrogen) atoms. The minimum atomic E-state index is -4.83. The van der Waals surface area contributed by atoms with Crippen molar-refractivity contribution in [2.45, 2.75) is 65.2 Å². The average Bonchev–Trinajstić information content (AvgIpc) is 3.04. The van der Waals surface area contributed by atoms with Crippen molar-refractivity contribution in [1.82, 2.24) is 0 Å². The number of allylic oxidation sites excluding steroid dienone is 5. The van der Waals surface area contributed by atoms with Gasteiger partial charge >= 0.3 is 59.1 Å².